The predicted octanol–water partition coefficient (Wildman–Crippen LogP) is 0.926. The van der Waals surface area contributed by atoms with E-state index in [4.69, 9.17) is 4.74 Å². The van der Waals surface area contributed by atoms with Crippen LogP contribution in [-0.2, 0) is 4.74 Å². The Labute approximate surface area is 110 Å². The van der Waals surface area contributed by atoms with Crippen LogP contribution in [0.5, 0.6) is 0 Å². The number of nitrogens with zero attached hydrogens (tertiary/aromatic N) is 2. The van der Waals surface area contributed by atoms with Crippen molar-refractivity contribution in [1.29, 1.82) is 0 Å². The molecule has 0 radical (unpaired) electrons. The third kappa shape index (κ3) is 5.06. The summed E-state index contributed by atoms with van der Waals surface area (Å²) in [7, 11) is 0. The van der Waals surface area contributed by atoms with E-state index >= 15 is 0 Å². The Bertz CT molecular complexity index is 273. The second-order valence-electron chi connectivity index (χ2n) is 4.49. The van der Waals surface area contributed by atoms with Gasteiger partial charge in [0.25, 0.3) is 0 Å². The summed E-state index contributed by atoms with van der Waals surface area (Å²) in [6.07, 6.45) is -0.191. The first-order valence-electron chi connectivity index (χ1n) is 6.68. The number of piperazine rings is 1. The van der Waals surface area contributed by atoms with Gasteiger partial charge < -0.3 is 15.0 Å². The van der Waals surface area contributed by atoms with Gasteiger partial charge in [0.2, 0.25) is 0 Å². The van der Waals surface area contributed by atoms with E-state index in [0.717, 1.165) is 45.8 Å². The van der Waals surface area contributed by atoms with Crippen LogP contribution in [0.15, 0.2) is 12.2 Å². The van der Waals surface area contributed by atoms with Crippen molar-refractivity contribution in [3.05, 3.63) is 12.2 Å². The van der Waals surface area contributed by atoms with Crippen molar-refractivity contribution in [3.63, 3.8) is 0 Å². The molecule has 18 heavy (non-hydrogen) atoms. The third-order valence-corrected chi connectivity index (χ3v) is 2.97. The van der Waals surface area contributed by atoms with E-state index in [-0.39, 0.29) is 6.09 Å². The quantitative estimate of drug-likeness (QED) is 0.717. The van der Waals surface area contributed by atoms with Crippen molar-refractivity contribution in [2.45, 2.75) is 13.8 Å². The summed E-state index contributed by atoms with van der Waals surface area (Å²) < 4.78 is 4.99. The molecule has 0 aromatic rings. The van der Waals surface area contributed by atoms with Crippen LogP contribution in [0.2, 0.25) is 0 Å². The van der Waals surface area contributed by atoms with E-state index in [1.54, 1.807) is 4.90 Å². The van der Waals surface area contributed by atoms with Gasteiger partial charge in [-0.3, -0.25) is 4.90 Å². The molecule has 1 fully saturated rings. The van der Waals surface area contributed by atoms with Gasteiger partial charge in [-0.2, -0.15) is 0 Å². The van der Waals surface area contributed by atoms with E-state index in [1.165, 1.54) is 5.57 Å². The summed E-state index contributed by atoms with van der Waals surface area (Å²) in [4.78, 5) is 15.6. The van der Waals surface area contributed by atoms with E-state index < -0.39 is 0 Å². The van der Waals surface area contributed by atoms with Gasteiger partial charge in [0, 0.05) is 39.3 Å². The number of amides is 1. The van der Waals surface area contributed by atoms with Crippen LogP contribution in [0.1, 0.15) is 13.8 Å². The summed E-state index contributed by atoms with van der Waals surface area (Å²) in [6, 6.07) is 0. The Morgan fingerprint density at radius 1 is 1.28 bits per heavy atom. The number of ether oxygens (including phenoxy) is 1. The number of carbonyl (C=O) groups is 1. The van der Waals surface area contributed by atoms with Gasteiger partial charge in [-0.05, 0) is 19.0 Å². The average molecular weight is 255 g/mol. The summed E-state index contributed by atoms with van der Waals surface area (Å²) in [6.45, 7) is 14.4. The lowest BCUT2D eigenvalue weighted by atomic mass is 10.2. The van der Waals surface area contributed by atoms with Crippen molar-refractivity contribution in [2.75, 3.05) is 52.4 Å². The molecular weight excluding hydrogens is 230 g/mol. The monoisotopic (exact) mass is 255 g/mol. The first kappa shape index (κ1) is 15.0. The van der Waals surface area contributed by atoms with Crippen LogP contribution in [0.4, 0.5) is 4.79 Å². The minimum absolute atomic E-state index is 0.191. The average Bonchev–Trinajstić information content (AvgIpc) is 2.37. The van der Waals surface area contributed by atoms with Crippen LogP contribution < -0.4 is 5.32 Å². The van der Waals surface area contributed by atoms with Crippen molar-refractivity contribution in [2.24, 2.45) is 0 Å². The lowest BCUT2D eigenvalue weighted by molar-refractivity contribution is 0.0819. The van der Waals surface area contributed by atoms with Gasteiger partial charge in [-0.25, -0.2) is 4.79 Å². The molecule has 0 spiro atoms. The third-order valence-electron chi connectivity index (χ3n) is 2.97. The van der Waals surface area contributed by atoms with E-state index in [0.29, 0.717) is 6.61 Å². The lowest BCUT2D eigenvalue weighted by Gasteiger charge is -2.34. The van der Waals surface area contributed by atoms with Crippen LogP contribution in [0.25, 0.3) is 0 Å². The van der Waals surface area contributed by atoms with Crippen LogP contribution >= 0.6 is 0 Å². The van der Waals surface area contributed by atoms with Crippen LogP contribution in [0, 0.1) is 0 Å². The number of nitrogens with one attached hydrogen (secondary N) is 1. The number of carbonyl (C=O) groups excluding carboxylic acids is 1. The largest absolute Gasteiger partial charge is 0.450 e. The Kier molecular flexibility index (Phi) is 6.75. The van der Waals surface area contributed by atoms with Gasteiger partial charge in [0.15, 0.2) is 0 Å². The smallest absolute Gasteiger partial charge is 0.409 e. The second-order valence-corrected chi connectivity index (χ2v) is 4.49. The minimum atomic E-state index is -0.191. The van der Waals surface area contributed by atoms with Crippen molar-refractivity contribution < 1.29 is 9.53 Å². The zero-order chi connectivity index (χ0) is 13.4. The van der Waals surface area contributed by atoms with E-state index in [9.17, 15) is 4.79 Å². The van der Waals surface area contributed by atoms with Crippen LogP contribution in [0.3, 0.4) is 0 Å². The zero-order valence-corrected chi connectivity index (χ0v) is 11.6. The normalized spacial score (nSPS) is 16.7. The Balaban J connectivity index is 2.22. The predicted molar refractivity (Wildman–Crippen MR) is 72.7 cm³/mol. The highest BCUT2D eigenvalue weighted by Crippen LogP contribution is 2.05. The van der Waals surface area contributed by atoms with Crippen molar-refractivity contribution in [3.8, 4) is 0 Å². The number of hydrogen-bond donors (Lipinski definition) is 1. The molecule has 0 aromatic carbocycles. The molecule has 0 aromatic heterocycles. The molecule has 0 atom stereocenters. The molecule has 0 aliphatic carbocycles. The van der Waals surface area contributed by atoms with Gasteiger partial charge in [-0.15, -0.1) is 0 Å². The topological polar surface area (TPSA) is 44.8 Å². The Hall–Kier alpha value is -1.07. The molecule has 0 unspecified atom stereocenters. The molecule has 1 amide bonds. The van der Waals surface area contributed by atoms with E-state index in [1.807, 2.05) is 6.92 Å². The first-order chi connectivity index (χ1) is 8.67. The van der Waals surface area contributed by atoms with Gasteiger partial charge in [0.1, 0.15) is 0 Å². The molecule has 1 aliphatic rings. The minimum Gasteiger partial charge on any atom is -0.450 e. The molecule has 1 saturated heterocycles. The molecule has 5 heteroatoms. The van der Waals surface area contributed by atoms with Gasteiger partial charge in [0.05, 0.1) is 6.61 Å². The maximum Gasteiger partial charge on any atom is 0.409 e. The summed E-state index contributed by atoms with van der Waals surface area (Å²) in [5.74, 6) is 0. The highest BCUT2D eigenvalue weighted by molar-refractivity contribution is 5.67. The highest BCUT2D eigenvalue weighted by Gasteiger charge is 2.21. The van der Waals surface area contributed by atoms with Crippen molar-refractivity contribution >= 4 is 6.09 Å². The highest BCUT2D eigenvalue weighted by atomic mass is 16.6. The van der Waals surface area contributed by atoms with Gasteiger partial charge >= 0.3 is 6.09 Å². The zero-order valence-electron chi connectivity index (χ0n) is 11.6. The SMILES string of the molecule is C=C(CNCC)CN1CCN(C(=O)OCC)CC1. The molecule has 1 aliphatic heterocycles. The standard InChI is InChI=1S/C13H25N3O2/c1-4-14-10-12(3)11-15-6-8-16(9-7-15)13(17)18-5-2/h14H,3-11H2,1-2H3. The molecule has 1 rings (SSSR count). The maximum absolute atomic E-state index is 11.5. The van der Waals surface area contributed by atoms with Crippen molar-refractivity contribution in [1.82, 2.24) is 15.1 Å². The Morgan fingerprint density at radius 3 is 2.50 bits per heavy atom. The first-order valence-corrected chi connectivity index (χ1v) is 6.68. The molecular formula is C13H25N3O2. The van der Waals surface area contributed by atoms with Gasteiger partial charge in [-0.1, -0.05) is 13.5 Å². The molecule has 0 bridgehead atoms. The fourth-order valence-electron chi connectivity index (χ4n) is 1.98. The van der Waals surface area contributed by atoms with E-state index in [2.05, 4.69) is 23.7 Å². The molecule has 0 saturated carbocycles. The molecule has 1 N–H and O–H groups in total. The fourth-order valence-corrected chi connectivity index (χ4v) is 1.98. The molecule has 104 valence electrons. The molecule has 1 heterocycles. The lowest BCUT2D eigenvalue weighted by Crippen LogP contribution is -2.49. The fraction of sp³-hybridized carbons (Fsp3) is 0.769. The summed E-state index contributed by atoms with van der Waals surface area (Å²) in [5.41, 5.74) is 1.20. The number of likely N-dealkylation sites (N-methyl/N-ethyl adjacent to an activating group) is 1. The second kappa shape index (κ2) is 8.11. The van der Waals surface area contributed by atoms with Crippen LogP contribution in [-0.4, -0.2) is 68.3 Å². The summed E-state index contributed by atoms with van der Waals surface area (Å²) in [5, 5.41) is 3.27. The number of rotatable bonds is 6. The number of hydrogen-bond acceptors (Lipinski definition) is 4. The Morgan fingerprint density at radius 2 is 1.94 bits per heavy atom. The summed E-state index contributed by atoms with van der Waals surface area (Å²) >= 11 is 0. The molecule has 5 nitrogen and oxygen atoms in total. The maximum atomic E-state index is 11.5.